The van der Waals surface area contributed by atoms with Gasteiger partial charge in [-0.2, -0.15) is 21.5 Å². The zero-order valence-electron chi connectivity index (χ0n) is 18.2. The van der Waals surface area contributed by atoms with E-state index < -0.39 is 5.97 Å². The molecule has 0 unspecified atom stereocenters. The molecule has 10 heteroatoms. The molecule has 5 rings (SSSR count). The standard InChI is InChI=1S/C24H22ClN3O4S.ClH/c25-16-5-7-17(8-6-16)28-24(30)22-20(32-19-4-2-1-3-18(19)23(22)26-28)15-21(29)31-12-9-27-10-13-33-14-11-27;/h1-8H,9-15H2;1H. The second kappa shape index (κ2) is 10.8. The van der Waals surface area contributed by atoms with Crippen molar-refractivity contribution in [3.63, 3.8) is 0 Å². The number of benzene rings is 2. The summed E-state index contributed by atoms with van der Waals surface area (Å²) < 4.78 is 12.8. The number of para-hydroxylation sites is 1. The van der Waals surface area contributed by atoms with E-state index in [0.717, 1.165) is 24.6 Å². The quantitative estimate of drug-likeness (QED) is 0.351. The number of ether oxygens (including phenoxy) is 1. The SMILES string of the molecule is Cl.O=C(Cc1oc2ccccc2c2nn(-c3ccc(Cl)cc3)c(=O)c1-2)OCCN1CCSCC1. The van der Waals surface area contributed by atoms with Crippen LogP contribution in [0.3, 0.4) is 0 Å². The molecule has 0 spiro atoms. The monoisotopic (exact) mass is 519 g/mol. The van der Waals surface area contributed by atoms with Crippen LogP contribution in [-0.4, -0.2) is 58.4 Å². The Balaban J connectivity index is 0.00000274. The summed E-state index contributed by atoms with van der Waals surface area (Å²) in [5, 5.41) is 5.84. The van der Waals surface area contributed by atoms with Gasteiger partial charge in [-0.1, -0.05) is 23.7 Å². The van der Waals surface area contributed by atoms with Crippen molar-refractivity contribution in [1.29, 1.82) is 0 Å². The maximum atomic E-state index is 13.3. The number of hydrogen-bond acceptors (Lipinski definition) is 7. The third-order valence-electron chi connectivity index (χ3n) is 5.65. The van der Waals surface area contributed by atoms with Gasteiger partial charge in [0.05, 0.1) is 5.69 Å². The molecule has 0 aliphatic carbocycles. The largest absolute Gasteiger partial charge is 0.464 e. The minimum absolute atomic E-state index is 0. The molecule has 1 saturated heterocycles. The number of esters is 1. The number of thioether (sulfide) groups is 1. The zero-order valence-corrected chi connectivity index (χ0v) is 20.6. The number of aromatic nitrogens is 2. The fourth-order valence-corrected chi connectivity index (χ4v) is 5.06. The van der Waals surface area contributed by atoms with E-state index in [9.17, 15) is 9.59 Å². The molecule has 0 N–H and O–H groups in total. The number of carbonyl (C=O) groups is 1. The van der Waals surface area contributed by atoms with Crippen molar-refractivity contribution in [3.05, 3.63) is 69.7 Å². The summed E-state index contributed by atoms with van der Waals surface area (Å²) in [7, 11) is 0. The average Bonchev–Trinajstić information content (AvgIpc) is 3.18. The smallest absolute Gasteiger partial charge is 0.313 e. The molecule has 0 atom stereocenters. The molecule has 0 aromatic heterocycles. The van der Waals surface area contributed by atoms with E-state index >= 15 is 0 Å². The molecular formula is C24H23Cl2N3O4S. The van der Waals surface area contributed by atoms with Gasteiger partial charge in [-0.25, -0.2) is 0 Å². The first-order chi connectivity index (χ1) is 16.1. The molecule has 2 aromatic rings. The van der Waals surface area contributed by atoms with Gasteiger partial charge in [-0.05, 0) is 36.4 Å². The number of nitrogens with zero attached hydrogens (tertiary/aromatic N) is 3. The maximum absolute atomic E-state index is 13.3. The highest BCUT2D eigenvalue weighted by molar-refractivity contribution is 7.99. The highest BCUT2D eigenvalue weighted by Crippen LogP contribution is 2.32. The van der Waals surface area contributed by atoms with E-state index in [2.05, 4.69) is 10.00 Å². The molecule has 1 fully saturated rings. The lowest BCUT2D eigenvalue weighted by molar-refractivity contribution is -0.143. The molecule has 0 bridgehead atoms. The summed E-state index contributed by atoms with van der Waals surface area (Å²) in [5.41, 5.74) is 1.56. The van der Waals surface area contributed by atoms with Gasteiger partial charge in [-0.15, -0.1) is 12.4 Å². The summed E-state index contributed by atoms with van der Waals surface area (Å²) in [6, 6.07) is 14.2. The van der Waals surface area contributed by atoms with Gasteiger partial charge >= 0.3 is 5.97 Å². The van der Waals surface area contributed by atoms with Crippen LogP contribution >= 0.6 is 35.8 Å². The highest BCUT2D eigenvalue weighted by Gasteiger charge is 2.27. The Morgan fingerprint density at radius 2 is 1.85 bits per heavy atom. The molecule has 2 aromatic carbocycles. The Bertz CT molecular complexity index is 1320. The Morgan fingerprint density at radius 1 is 1.12 bits per heavy atom. The summed E-state index contributed by atoms with van der Waals surface area (Å²) in [6.45, 7) is 3.03. The van der Waals surface area contributed by atoms with Crippen LogP contribution in [-0.2, 0) is 16.0 Å². The van der Waals surface area contributed by atoms with Crippen LogP contribution in [0.2, 0.25) is 5.02 Å². The Kier molecular flexibility index (Phi) is 7.83. The molecule has 7 nitrogen and oxygen atoms in total. The molecular weight excluding hydrogens is 497 g/mol. The number of rotatable bonds is 6. The molecule has 3 aliphatic rings. The first-order valence-corrected chi connectivity index (χ1v) is 12.3. The van der Waals surface area contributed by atoms with Crippen LogP contribution in [0.25, 0.3) is 27.9 Å². The van der Waals surface area contributed by atoms with Crippen molar-refractivity contribution in [2.75, 3.05) is 37.7 Å². The van der Waals surface area contributed by atoms with E-state index in [1.54, 1.807) is 30.3 Å². The number of fused-ring (bicyclic) bond motifs is 3. The minimum Gasteiger partial charge on any atom is -0.464 e. The predicted octanol–water partition coefficient (Wildman–Crippen LogP) is 4.29. The number of halogens is 2. The summed E-state index contributed by atoms with van der Waals surface area (Å²) in [4.78, 5) is 28.2. The van der Waals surface area contributed by atoms with Crippen LogP contribution in [0, 0.1) is 0 Å². The molecule has 3 aliphatic heterocycles. The lowest BCUT2D eigenvalue weighted by Crippen LogP contribution is -2.35. The van der Waals surface area contributed by atoms with Gasteiger partial charge < -0.3 is 9.15 Å². The van der Waals surface area contributed by atoms with Crippen LogP contribution in [0.15, 0.2) is 57.7 Å². The van der Waals surface area contributed by atoms with Crippen LogP contribution in [0.1, 0.15) is 5.76 Å². The van der Waals surface area contributed by atoms with Crippen molar-refractivity contribution in [3.8, 4) is 16.9 Å². The molecule has 0 amide bonds. The van der Waals surface area contributed by atoms with Gasteiger partial charge in [0.25, 0.3) is 5.56 Å². The first-order valence-electron chi connectivity index (χ1n) is 10.8. The van der Waals surface area contributed by atoms with Gasteiger partial charge in [0.2, 0.25) is 0 Å². The fourth-order valence-electron chi connectivity index (χ4n) is 3.95. The molecule has 178 valence electrons. The number of carbonyl (C=O) groups excluding carboxylic acids is 1. The van der Waals surface area contributed by atoms with Gasteiger partial charge in [0, 0.05) is 41.5 Å². The zero-order chi connectivity index (χ0) is 22.8. The third kappa shape index (κ3) is 5.10. The average molecular weight is 520 g/mol. The van der Waals surface area contributed by atoms with Crippen molar-refractivity contribution in [2.24, 2.45) is 0 Å². The molecule has 0 radical (unpaired) electrons. The number of hydrogen-bond donors (Lipinski definition) is 0. The lowest BCUT2D eigenvalue weighted by atomic mass is 10.1. The van der Waals surface area contributed by atoms with E-state index in [4.69, 9.17) is 20.8 Å². The van der Waals surface area contributed by atoms with Gasteiger partial charge in [-0.3, -0.25) is 14.5 Å². The van der Waals surface area contributed by atoms with Crippen molar-refractivity contribution in [2.45, 2.75) is 6.42 Å². The van der Waals surface area contributed by atoms with Gasteiger partial charge in [0.1, 0.15) is 35.6 Å². The Morgan fingerprint density at radius 3 is 2.62 bits per heavy atom. The normalized spacial score (nSPS) is 14.3. The third-order valence-corrected chi connectivity index (χ3v) is 6.84. The van der Waals surface area contributed by atoms with E-state index in [0.29, 0.717) is 40.5 Å². The van der Waals surface area contributed by atoms with Crippen LogP contribution in [0.5, 0.6) is 0 Å². The van der Waals surface area contributed by atoms with Crippen molar-refractivity contribution < 1.29 is 13.9 Å². The first kappa shape index (κ1) is 24.6. The van der Waals surface area contributed by atoms with Gasteiger partial charge in [0.15, 0.2) is 0 Å². The molecule has 34 heavy (non-hydrogen) atoms. The van der Waals surface area contributed by atoms with Crippen molar-refractivity contribution >= 4 is 52.7 Å². The Labute approximate surface area is 211 Å². The maximum Gasteiger partial charge on any atom is 0.313 e. The van der Waals surface area contributed by atoms with E-state index in [1.807, 2.05) is 30.0 Å². The molecule has 0 saturated carbocycles. The second-order valence-corrected chi connectivity index (χ2v) is 9.45. The van der Waals surface area contributed by atoms with Crippen LogP contribution < -0.4 is 5.56 Å². The summed E-state index contributed by atoms with van der Waals surface area (Å²) in [6.07, 6.45) is -0.140. The Hall–Kier alpha value is -2.52. The predicted molar refractivity (Wildman–Crippen MR) is 137 cm³/mol. The van der Waals surface area contributed by atoms with E-state index in [1.165, 1.54) is 4.68 Å². The van der Waals surface area contributed by atoms with Crippen LogP contribution in [0.4, 0.5) is 0 Å². The summed E-state index contributed by atoms with van der Waals surface area (Å²) in [5.74, 6) is 2.03. The van der Waals surface area contributed by atoms with Crippen molar-refractivity contribution in [1.82, 2.24) is 14.7 Å². The lowest BCUT2D eigenvalue weighted by Gasteiger charge is -2.25. The van der Waals surface area contributed by atoms with E-state index in [-0.39, 0.29) is 35.7 Å². The second-order valence-electron chi connectivity index (χ2n) is 7.79. The summed E-state index contributed by atoms with van der Waals surface area (Å²) >= 11 is 7.93. The molecule has 3 heterocycles. The minimum atomic E-state index is -0.430. The highest BCUT2D eigenvalue weighted by atomic mass is 35.5. The fraction of sp³-hybridized carbons (Fsp3) is 0.292. The topological polar surface area (TPSA) is 77.6 Å².